The second kappa shape index (κ2) is 9.09. The molecule has 4 aliphatic carbocycles. The van der Waals surface area contributed by atoms with Gasteiger partial charge in [0.2, 0.25) is 5.78 Å². The van der Waals surface area contributed by atoms with E-state index in [1.54, 1.807) is 0 Å². The molecule has 0 spiro atoms. The summed E-state index contributed by atoms with van der Waals surface area (Å²) in [6, 6.07) is 0. The van der Waals surface area contributed by atoms with E-state index in [0.29, 0.717) is 38.7 Å². The summed E-state index contributed by atoms with van der Waals surface area (Å²) in [5.74, 6) is -0.356. The van der Waals surface area contributed by atoms with Crippen molar-refractivity contribution in [3.63, 3.8) is 0 Å². The van der Waals surface area contributed by atoms with Crippen LogP contribution in [0.25, 0.3) is 0 Å². The van der Waals surface area contributed by atoms with Crippen LogP contribution in [0.4, 0.5) is 0 Å². The molecule has 0 bridgehead atoms. The van der Waals surface area contributed by atoms with E-state index in [4.69, 9.17) is 14.2 Å². The van der Waals surface area contributed by atoms with E-state index in [2.05, 4.69) is 28.9 Å². The van der Waals surface area contributed by atoms with Gasteiger partial charge < -0.3 is 19.3 Å². The van der Waals surface area contributed by atoms with Crippen molar-refractivity contribution in [1.29, 1.82) is 0 Å². The second-order valence-corrected chi connectivity index (χ2v) is 12.3. The molecule has 8 heteroatoms. The summed E-state index contributed by atoms with van der Waals surface area (Å²) in [5, 5.41) is 11.8. The summed E-state index contributed by atoms with van der Waals surface area (Å²) in [6.45, 7) is 7.44. The molecule has 7 nitrogen and oxygen atoms in total. The molecule has 0 saturated heterocycles. The van der Waals surface area contributed by atoms with Crippen molar-refractivity contribution in [2.24, 2.45) is 22.7 Å². The first-order chi connectivity index (χ1) is 16.0. The lowest BCUT2D eigenvalue weighted by molar-refractivity contribution is -0.214. The van der Waals surface area contributed by atoms with E-state index in [0.717, 1.165) is 18.4 Å². The maximum absolute atomic E-state index is 13.6. The Bertz CT molecular complexity index is 902. The average Bonchev–Trinajstić information content (AvgIpc) is 3.06. The molecule has 1 N–H and O–H groups in total. The van der Waals surface area contributed by atoms with Gasteiger partial charge >= 0.3 is 5.97 Å². The van der Waals surface area contributed by atoms with Crippen LogP contribution in [0, 0.1) is 22.7 Å². The molecule has 0 aromatic carbocycles. The molecule has 0 amide bonds. The molecular formula is C26H37BrO7. The highest BCUT2D eigenvalue weighted by atomic mass is 79.9. The zero-order valence-electron chi connectivity index (χ0n) is 20.7. The monoisotopic (exact) mass is 540 g/mol. The van der Waals surface area contributed by atoms with E-state index < -0.39 is 27.4 Å². The Balaban J connectivity index is 1.73. The SMILES string of the molecule is CCOCO[C@]1(C(=O)COC(C)=O)CC[C@H]2[C@@H]3CC=C4CC(=O)CC[C@]4(C)[C@@]3(Br)C(O)C[C@@]21C. The van der Waals surface area contributed by atoms with E-state index in [1.807, 2.05) is 13.8 Å². The fourth-order valence-electron chi connectivity index (χ4n) is 7.76. The first kappa shape index (κ1) is 26.0. The zero-order valence-corrected chi connectivity index (χ0v) is 22.2. The number of hydrogen-bond acceptors (Lipinski definition) is 7. The number of ether oxygens (including phenoxy) is 3. The molecule has 34 heavy (non-hydrogen) atoms. The largest absolute Gasteiger partial charge is 0.458 e. The van der Waals surface area contributed by atoms with E-state index in [1.165, 1.54) is 6.92 Å². The summed E-state index contributed by atoms with van der Waals surface area (Å²) in [6.07, 6.45) is 5.50. The van der Waals surface area contributed by atoms with Crippen molar-refractivity contribution >= 4 is 33.5 Å². The standard InChI is InChI=1S/C26H37BrO7/c1-5-32-15-34-25(22(31)14-33-16(2)28)11-9-19-20-7-6-17-12-18(29)8-10-23(17,3)26(20,27)21(30)13-24(19,25)4/h6,19-21,30H,5,7-15H2,1-4H3/t19-,20-,21?,23-,24-,25-,26-/m0/s1. The summed E-state index contributed by atoms with van der Waals surface area (Å²) in [7, 11) is 0. The molecule has 7 atom stereocenters. The quantitative estimate of drug-likeness (QED) is 0.172. The van der Waals surface area contributed by atoms with Crippen LogP contribution in [0.15, 0.2) is 11.6 Å². The van der Waals surface area contributed by atoms with Gasteiger partial charge in [0.05, 0.1) is 10.4 Å². The summed E-state index contributed by atoms with van der Waals surface area (Å²) in [4.78, 5) is 37.3. The van der Waals surface area contributed by atoms with Crippen molar-refractivity contribution in [2.45, 2.75) is 88.7 Å². The Hall–Kier alpha value is -1.09. The fourth-order valence-corrected chi connectivity index (χ4v) is 8.88. The number of hydrogen-bond donors (Lipinski definition) is 1. The van der Waals surface area contributed by atoms with Crippen molar-refractivity contribution < 1.29 is 33.7 Å². The average molecular weight is 541 g/mol. The van der Waals surface area contributed by atoms with Gasteiger partial charge in [0.25, 0.3) is 0 Å². The first-order valence-corrected chi connectivity index (χ1v) is 13.2. The van der Waals surface area contributed by atoms with Crippen molar-refractivity contribution in [1.82, 2.24) is 0 Å². The predicted octanol–water partition coefficient (Wildman–Crippen LogP) is 3.89. The van der Waals surface area contributed by atoms with Crippen LogP contribution in [0.2, 0.25) is 0 Å². The number of alkyl halides is 1. The summed E-state index contributed by atoms with van der Waals surface area (Å²) < 4.78 is 16.3. The highest BCUT2D eigenvalue weighted by Crippen LogP contribution is 2.71. The number of fused-ring (bicyclic) bond motifs is 5. The first-order valence-electron chi connectivity index (χ1n) is 12.4. The van der Waals surface area contributed by atoms with Crippen LogP contribution >= 0.6 is 15.9 Å². The number of halogens is 1. The van der Waals surface area contributed by atoms with Gasteiger partial charge in [-0.2, -0.15) is 0 Å². The molecule has 0 radical (unpaired) electrons. The molecule has 4 rings (SSSR count). The number of Topliss-reactive ketones (excluding diaryl/α,β-unsaturated/α-hetero) is 2. The Labute approximate surface area is 210 Å². The number of ketones is 2. The lowest BCUT2D eigenvalue weighted by Crippen LogP contribution is -2.69. The van der Waals surface area contributed by atoms with Gasteiger partial charge in [0.15, 0.2) is 6.61 Å². The Morgan fingerprint density at radius 1 is 1.24 bits per heavy atom. The lowest BCUT2D eigenvalue weighted by atomic mass is 9.45. The Morgan fingerprint density at radius 3 is 2.65 bits per heavy atom. The molecule has 3 fully saturated rings. The van der Waals surface area contributed by atoms with Gasteiger partial charge in [-0.3, -0.25) is 14.4 Å². The van der Waals surface area contributed by atoms with Gasteiger partial charge in [-0.25, -0.2) is 0 Å². The Kier molecular flexibility index (Phi) is 6.95. The molecule has 4 aliphatic rings. The number of allylic oxidation sites excluding steroid dienone is 2. The minimum atomic E-state index is -1.20. The van der Waals surface area contributed by atoms with E-state index >= 15 is 0 Å². The van der Waals surface area contributed by atoms with Crippen molar-refractivity contribution in [3.8, 4) is 0 Å². The summed E-state index contributed by atoms with van der Waals surface area (Å²) in [5.41, 5.74) is -1.06. The van der Waals surface area contributed by atoms with Gasteiger partial charge in [-0.15, -0.1) is 0 Å². The third kappa shape index (κ3) is 3.58. The fraction of sp³-hybridized carbons (Fsp3) is 0.808. The van der Waals surface area contributed by atoms with Crippen LogP contribution in [0.5, 0.6) is 0 Å². The van der Waals surface area contributed by atoms with E-state index in [9.17, 15) is 19.5 Å². The van der Waals surface area contributed by atoms with E-state index in [-0.39, 0.29) is 42.2 Å². The molecular weight excluding hydrogens is 504 g/mol. The summed E-state index contributed by atoms with van der Waals surface area (Å²) >= 11 is 4.08. The van der Waals surface area contributed by atoms with Gasteiger partial charge in [-0.05, 0) is 50.9 Å². The van der Waals surface area contributed by atoms with Crippen LogP contribution in [0.3, 0.4) is 0 Å². The third-order valence-corrected chi connectivity index (χ3v) is 11.6. The van der Waals surface area contributed by atoms with Crippen LogP contribution in [-0.4, -0.2) is 58.7 Å². The van der Waals surface area contributed by atoms with Gasteiger partial charge in [0.1, 0.15) is 18.2 Å². The van der Waals surface area contributed by atoms with Crippen molar-refractivity contribution in [3.05, 3.63) is 11.6 Å². The van der Waals surface area contributed by atoms with Crippen LogP contribution in [0.1, 0.15) is 72.6 Å². The van der Waals surface area contributed by atoms with Crippen molar-refractivity contribution in [2.75, 3.05) is 20.0 Å². The smallest absolute Gasteiger partial charge is 0.303 e. The minimum absolute atomic E-state index is 0.0330. The number of esters is 1. The topological polar surface area (TPSA) is 99.1 Å². The molecule has 190 valence electrons. The Morgan fingerprint density at radius 2 is 1.97 bits per heavy atom. The highest BCUT2D eigenvalue weighted by Gasteiger charge is 2.73. The van der Waals surface area contributed by atoms with Crippen LogP contribution in [-0.2, 0) is 28.6 Å². The number of carbonyl (C=O) groups excluding carboxylic acids is 3. The lowest BCUT2D eigenvalue weighted by Gasteiger charge is -2.64. The maximum atomic E-state index is 13.6. The maximum Gasteiger partial charge on any atom is 0.303 e. The van der Waals surface area contributed by atoms with Gasteiger partial charge in [-0.1, -0.05) is 41.4 Å². The van der Waals surface area contributed by atoms with Gasteiger partial charge in [0, 0.05) is 37.2 Å². The molecule has 0 aromatic rings. The highest BCUT2D eigenvalue weighted by molar-refractivity contribution is 9.10. The predicted molar refractivity (Wildman–Crippen MR) is 128 cm³/mol. The number of aliphatic hydroxyl groups excluding tert-OH is 1. The molecule has 0 aliphatic heterocycles. The normalized spacial score (nSPS) is 43.4. The molecule has 0 aromatic heterocycles. The minimum Gasteiger partial charge on any atom is -0.458 e. The zero-order chi connectivity index (χ0) is 24.9. The molecule has 3 saturated carbocycles. The number of rotatable bonds is 7. The third-order valence-electron chi connectivity index (χ3n) is 9.59. The number of aliphatic hydroxyl groups is 1. The molecule has 1 unspecified atom stereocenters. The van der Waals surface area contributed by atoms with Crippen LogP contribution < -0.4 is 0 Å². The molecule has 0 heterocycles. The number of carbonyl (C=O) groups is 3. The second-order valence-electron chi connectivity index (χ2n) is 11.0.